The second-order valence-corrected chi connectivity index (χ2v) is 9.13. The summed E-state index contributed by atoms with van der Waals surface area (Å²) in [6.07, 6.45) is 4.32. The van der Waals surface area contributed by atoms with Crippen LogP contribution < -0.4 is 5.32 Å². The van der Waals surface area contributed by atoms with Crippen LogP contribution in [0.4, 0.5) is 5.69 Å². The first kappa shape index (κ1) is 24.4. The Hall–Kier alpha value is -1.66. The van der Waals surface area contributed by atoms with Gasteiger partial charge in [-0.15, -0.1) is 0 Å². The van der Waals surface area contributed by atoms with Crippen LogP contribution in [0.2, 0.25) is 0 Å². The fourth-order valence-corrected chi connectivity index (χ4v) is 4.40. The molecule has 0 aliphatic carbocycles. The Bertz CT molecular complexity index is 670. The van der Waals surface area contributed by atoms with E-state index in [1.54, 1.807) is 18.8 Å². The number of aliphatic imine (C=N–C) groups is 1. The zero-order chi connectivity index (χ0) is 21.2. The summed E-state index contributed by atoms with van der Waals surface area (Å²) >= 11 is 1.62. The van der Waals surface area contributed by atoms with Crippen LogP contribution in [0, 0.1) is 5.92 Å². The van der Waals surface area contributed by atoms with Crippen molar-refractivity contribution >= 4 is 34.7 Å². The molecule has 0 aromatic heterocycles. The molecule has 1 atom stereocenters. The number of hydrogen-bond acceptors (Lipinski definition) is 5. The van der Waals surface area contributed by atoms with E-state index in [1.807, 2.05) is 31.2 Å². The first-order valence-corrected chi connectivity index (χ1v) is 10.7. The Morgan fingerprint density at radius 3 is 2.50 bits per heavy atom. The molecule has 1 aromatic carbocycles. The van der Waals surface area contributed by atoms with Crippen LogP contribution >= 0.6 is 11.8 Å². The molecule has 5 nitrogen and oxygen atoms in total. The number of amides is 1. The lowest BCUT2D eigenvalue weighted by Crippen LogP contribution is -2.41. The van der Waals surface area contributed by atoms with Gasteiger partial charge < -0.3 is 15.0 Å². The summed E-state index contributed by atoms with van der Waals surface area (Å²) in [6, 6.07) is 7.87. The van der Waals surface area contributed by atoms with Gasteiger partial charge in [0.15, 0.2) is 0 Å². The number of rotatable bonds is 5. The average Bonchev–Trinajstić information content (AvgIpc) is 2.68. The molecule has 1 aliphatic heterocycles. The molecular weight excluding hydrogens is 370 g/mol. The molecule has 0 saturated carbocycles. The SMILES string of the molecule is CCc1cccc(NC(C)=O)c1.CN=C(C)SC(C)(C=O)C1CCN(C)CC1. The number of carbonyl (C=O) groups is 2. The maximum Gasteiger partial charge on any atom is 0.221 e. The van der Waals surface area contributed by atoms with E-state index in [1.165, 1.54) is 12.5 Å². The van der Waals surface area contributed by atoms with Gasteiger partial charge in [-0.2, -0.15) is 0 Å². The number of benzene rings is 1. The van der Waals surface area contributed by atoms with Gasteiger partial charge in [-0.1, -0.05) is 30.8 Å². The Morgan fingerprint density at radius 1 is 1.36 bits per heavy atom. The van der Waals surface area contributed by atoms with Crippen LogP contribution in [0.15, 0.2) is 29.3 Å². The Balaban J connectivity index is 0.000000292. The van der Waals surface area contributed by atoms with Gasteiger partial charge in [0.05, 0.1) is 9.79 Å². The Labute approximate surface area is 174 Å². The van der Waals surface area contributed by atoms with Gasteiger partial charge in [-0.3, -0.25) is 9.79 Å². The van der Waals surface area contributed by atoms with E-state index in [9.17, 15) is 9.59 Å². The number of piperidine rings is 1. The second kappa shape index (κ2) is 12.0. The number of carbonyl (C=O) groups excluding carboxylic acids is 2. The van der Waals surface area contributed by atoms with Crippen molar-refractivity contribution in [2.24, 2.45) is 10.9 Å². The quantitative estimate of drug-likeness (QED) is 0.451. The third-order valence-corrected chi connectivity index (χ3v) is 6.45. The van der Waals surface area contributed by atoms with Crippen LogP contribution in [0.1, 0.15) is 46.1 Å². The molecule has 1 saturated heterocycles. The number of aldehydes is 1. The maximum absolute atomic E-state index is 11.4. The molecule has 2 rings (SSSR count). The average molecular weight is 406 g/mol. The highest BCUT2D eigenvalue weighted by Crippen LogP contribution is 2.37. The fourth-order valence-electron chi connectivity index (χ4n) is 3.22. The minimum Gasteiger partial charge on any atom is -0.326 e. The molecule has 1 aromatic rings. The standard InChI is InChI=1S/C12H22N2OS.C10H13NO/c1-10(13-3)16-12(2,9-15)11-5-7-14(4)8-6-11;1-3-9-5-4-6-10(7-9)11-8(2)12/h9,11H,5-8H2,1-4H3;4-7H,3H2,1-2H3,(H,11,12). The molecule has 28 heavy (non-hydrogen) atoms. The predicted molar refractivity (Wildman–Crippen MR) is 121 cm³/mol. The van der Waals surface area contributed by atoms with Crippen LogP contribution in [0.5, 0.6) is 0 Å². The highest BCUT2D eigenvalue weighted by atomic mass is 32.2. The molecule has 1 amide bonds. The molecular formula is C22H35N3O2S. The number of nitrogens with zero attached hydrogens (tertiary/aromatic N) is 2. The van der Waals surface area contributed by atoms with Crippen molar-refractivity contribution in [3.05, 3.63) is 29.8 Å². The predicted octanol–water partition coefficient (Wildman–Crippen LogP) is 4.27. The monoisotopic (exact) mass is 405 g/mol. The summed E-state index contributed by atoms with van der Waals surface area (Å²) in [6.45, 7) is 9.82. The highest BCUT2D eigenvalue weighted by molar-refractivity contribution is 8.15. The van der Waals surface area contributed by atoms with E-state index in [-0.39, 0.29) is 10.7 Å². The summed E-state index contributed by atoms with van der Waals surface area (Å²) in [4.78, 5) is 28.5. The molecule has 1 fully saturated rings. The third-order valence-electron chi connectivity index (χ3n) is 5.10. The molecule has 1 unspecified atom stereocenters. The van der Waals surface area contributed by atoms with Gasteiger partial charge in [-0.05, 0) is 76.9 Å². The number of aryl methyl sites for hydroxylation is 1. The minimum absolute atomic E-state index is 0.0248. The van der Waals surface area contributed by atoms with E-state index < -0.39 is 0 Å². The van der Waals surface area contributed by atoms with Crippen molar-refractivity contribution in [2.75, 3.05) is 32.5 Å². The van der Waals surface area contributed by atoms with Crippen molar-refractivity contribution < 1.29 is 9.59 Å². The van der Waals surface area contributed by atoms with Crippen molar-refractivity contribution in [1.29, 1.82) is 0 Å². The largest absolute Gasteiger partial charge is 0.326 e. The highest BCUT2D eigenvalue weighted by Gasteiger charge is 2.37. The first-order chi connectivity index (χ1) is 13.2. The summed E-state index contributed by atoms with van der Waals surface area (Å²) in [7, 11) is 3.92. The van der Waals surface area contributed by atoms with Gasteiger partial charge in [0.1, 0.15) is 6.29 Å². The summed E-state index contributed by atoms with van der Waals surface area (Å²) in [5.41, 5.74) is 2.11. The summed E-state index contributed by atoms with van der Waals surface area (Å²) in [5, 5.41) is 3.73. The zero-order valence-corrected chi connectivity index (χ0v) is 18.9. The van der Waals surface area contributed by atoms with Gasteiger partial charge in [-0.25, -0.2) is 0 Å². The van der Waals surface area contributed by atoms with Gasteiger partial charge >= 0.3 is 0 Å². The zero-order valence-electron chi connectivity index (χ0n) is 18.1. The Kier molecular flexibility index (Phi) is 10.5. The smallest absolute Gasteiger partial charge is 0.221 e. The van der Waals surface area contributed by atoms with Gasteiger partial charge in [0.2, 0.25) is 5.91 Å². The number of likely N-dealkylation sites (tertiary alicyclic amines) is 1. The van der Waals surface area contributed by atoms with E-state index >= 15 is 0 Å². The van der Waals surface area contributed by atoms with Crippen LogP contribution in [0.25, 0.3) is 0 Å². The molecule has 6 heteroatoms. The lowest BCUT2D eigenvalue weighted by atomic mass is 9.85. The van der Waals surface area contributed by atoms with Crippen LogP contribution in [0.3, 0.4) is 0 Å². The lowest BCUT2D eigenvalue weighted by Gasteiger charge is -2.37. The minimum atomic E-state index is -0.301. The van der Waals surface area contributed by atoms with Crippen molar-refractivity contribution in [1.82, 2.24) is 4.90 Å². The molecule has 0 radical (unpaired) electrons. The number of anilines is 1. The maximum atomic E-state index is 11.4. The Morgan fingerprint density at radius 2 is 2.00 bits per heavy atom. The third kappa shape index (κ3) is 8.15. The molecule has 1 heterocycles. The molecule has 1 N–H and O–H groups in total. The summed E-state index contributed by atoms with van der Waals surface area (Å²) < 4.78 is -0.301. The van der Waals surface area contributed by atoms with Crippen LogP contribution in [-0.2, 0) is 16.0 Å². The van der Waals surface area contributed by atoms with Crippen molar-refractivity contribution in [3.8, 4) is 0 Å². The van der Waals surface area contributed by atoms with E-state index in [2.05, 4.69) is 36.1 Å². The second-order valence-electron chi connectivity index (χ2n) is 7.46. The number of nitrogens with one attached hydrogen (secondary N) is 1. The topological polar surface area (TPSA) is 61.8 Å². The lowest BCUT2D eigenvalue weighted by molar-refractivity contribution is -0.114. The van der Waals surface area contributed by atoms with Crippen molar-refractivity contribution in [2.45, 2.75) is 51.7 Å². The normalized spacial score (nSPS) is 17.9. The van der Waals surface area contributed by atoms with Gasteiger partial charge in [0.25, 0.3) is 0 Å². The molecule has 0 spiro atoms. The molecule has 156 valence electrons. The number of hydrogen-bond donors (Lipinski definition) is 1. The van der Waals surface area contributed by atoms with E-state index in [4.69, 9.17) is 0 Å². The number of thioether (sulfide) groups is 1. The van der Waals surface area contributed by atoms with E-state index in [0.29, 0.717) is 5.92 Å². The fraction of sp³-hybridized carbons (Fsp3) is 0.591. The van der Waals surface area contributed by atoms with Gasteiger partial charge in [0, 0.05) is 19.7 Å². The van der Waals surface area contributed by atoms with Crippen LogP contribution in [-0.4, -0.2) is 54.1 Å². The molecule has 1 aliphatic rings. The summed E-state index contributed by atoms with van der Waals surface area (Å²) in [5.74, 6) is 0.450. The first-order valence-electron chi connectivity index (χ1n) is 9.87. The molecule has 0 bridgehead atoms. The van der Waals surface area contributed by atoms with E-state index in [0.717, 1.165) is 49.4 Å². The van der Waals surface area contributed by atoms with Crippen molar-refractivity contribution in [3.63, 3.8) is 0 Å².